The van der Waals surface area contributed by atoms with E-state index in [4.69, 9.17) is 43.6 Å². The molecule has 0 unspecified atom stereocenters. The van der Waals surface area contributed by atoms with Crippen molar-refractivity contribution >= 4 is 112 Å². The number of benzene rings is 6. The SMILES string of the molecule is [B]c1c([B])c([B])c(-c2oc3ccccc3c2-c2c3ccccc3c(-c3ccc(B(O)O)cc3)c3ccccc23)c([B])c1[B]. The number of hydrogen-bond acceptors (Lipinski definition) is 3. The fourth-order valence-electron chi connectivity index (χ4n) is 6.09. The molecule has 7 rings (SSSR count). The lowest BCUT2D eigenvalue weighted by atomic mass is 9.60. The van der Waals surface area contributed by atoms with Gasteiger partial charge in [0.05, 0.1) is 0 Å². The van der Waals surface area contributed by atoms with Crippen molar-refractivity contribution in [3.63, 3.8) is 0 Å². The predicted molar refractivity (Wildman–Crippen MR) is 184 cm³/mol. The molecular weight excluding hydrogens is 521 g/mol. The normalized spacial score (nSPS) is 11.5. The molecule has 190 valence electrons. The molecule has 3 nitrogen and oxygen atoms in total. The molecule has 43 heavy (non-hydrogen) atoms. The first kappa shape index (κ1) is 27.5. The smallest absolute Gasteiger partial charge is 0.455 e. The summed E-state index contributed by atoms with van der Waals surface area (Å²) in [5, 5.41) is 24.2. The van der Waals surface area contributed by atoms with Gasteiger partial charge < -0.3 is 14.5 Å². The average Bonchev–Trinajstić information content (AvgIpc) is 3.40. The topological polar surface area (TPSA) is 53.6 Å². The molecule has 0 saturated carbocycles. The Labute approximate surface area is 256 Å². The van der Waals surface area contributed by atoms with Crippen LogP contribution in [0.4, 0.5) is 0 Å². The van der Waals surface area contributed by atoms with Gasteiger partial charge in [-0.15, -0.1) is 16.4 Å². The van der Waals surface area contributed by atoms with Gasteiger partial charge >= 0.3 is 7.12 Å². The molecule has 10 radical (unpaired) electrons. The zero-order chi connectivity index (χ0) is 30.0. The Morgan fingerprint density at radius 3 is 1.40 bits per heavy atom. The third-order valence-electron chi connectivity index (χ3n) is 8.20. The number of furan rings is 1. The van der Waals surface area contributed by atoms with Crippen molar-refractivity contribution in [2.75, 3.05) is 0 Å². The second kappa shape index (κ2) is 10.4. The number of hydrogen-bond donors (Lipinski definition) is 2. The summed E-state index contributed by atoms with van der Waals surface area (Å²) in [6.45, 7) is 0. The van der Waals surface area contributed by atoms with Gasteiger partial charge in [0.15, 0.2) is 0 Å². The minimum absolute atomic E-state index is 0.136. The summed E-state index contributed by atoms with van der Waals surface area (Å²) in [6, 6.07) is 31.4. The van der Waals surface area contributed by atoms with Gasteiger partial charge in [-0.1, -0.05) is 102 Å². The summed E-state index contributed by atoms with van der Waals surface area (Å²) in [4.78, 5) is 0. The van der Waals surface area contributed by atoms with Crippen molar-refractivity contribution < 1.29 is 14.5 Å². The zero-order valence-electron chi connectivity index (χ0n) is 23.0. The third kappa shape index (κ3) is 4.22. The van der Waals surface area contributed by atoms with E-state index >= 15 is 0 Å². The summed E-state index contributed by atoms with van der Waals surface area (Å²) in [6.07, 6.45) is 0. The molecule has 7 aromatic rings. The monoisotopic (exact) mass is 540 g/mol. The summed E-state index contributed by atoms with van der Waals surface area (Å²) >= 11 is 0. The van der Waals surface area contributed by atoms with Gasteiger partial charge in [0, 0.05) is 22.1 Å². The Bertz CT molecular complexity index is 2140. The second-order valence-corrected chi connectivity index (χ2v) is 10.6. The van der Waals surface area contributed by atoms with E-state index in [0.717, 1.165) is 49.2 Å². The fraction of sp³-hybridized carbons (Fsp3) is 0. The molecular formula is C34H18B6O3. The number of para-hydroxylation sites is 1. The van der Waals surface area contributed by atoms with Crippen LogP contribution in [0.15, 0.2) is 101 Å². The molecule has 0 amide bonds. The Balaban J connectivity index is 1.66. The molecule has 2 N–H and O–H groups in total. The molecule has 0 atom stereocenters. The van der Waals surface area contributed by atoms with E-state index in [0.29, 0.717) is 22.4 Å². The Kier molecular flexibility index (Phi) is 6.69. The predicted octanol–water partition coefficient (Wildman–Crippen LogP) is 1.39. The quantitative estimate of drug-likeness (QED) is 0.263. The Morgan fingerprint density at radius 1 is 0.442 bits per heavy atom. The van der Waals surface area contributed by atoms with Crippen LogP contribution in [0.25, 0.3) is 66.1 Å². The summed E-state index contributed by atoms with van der Waals surface area (Å²) < 4.78 is 6.54. The Hall–Kier alpha value is -4.31. The van der Waals surface area contributed by atoms with E-state index in [1.807, 2.05) is 60.7 Å². The van der Waals surface area contributed by atoms with E-state index in [-0.39, 0.29) is 27.3 Å². The second-order valence-electron chi connectivity index (χ2n) is 10.6. The van der Waals surface area contributed by atoms with E-state index in [1.54, 1.807) is 12.1 Å². The largest absolute Gasteiger partial charge is 0.488 e. The highest BCUT2D eigenvalue weighted by Crippen LogP contribution is 2.48. The molecule has 1 heterocycles. The maximum Gasteiger partial charge on any atom is 0.488 e. The minimum Gasteiger partial charge on any atom is -0.455 e. The standard InChI is InChI=1S/C34H18B6O3/c35-29-28(30(36)32(38)33(39)31(29)37)34-27(23-11-5-6-12-24(23)43-34)26-21-9-3-1-7-19(21)25(20-8-2-4-10-22(20)26)17-13-15-18(16-14-17)40(41)42/h1-16,41-42H. The van der Waals surface area contributed by atoms with Crippen LogP contribution in [-0.4, -0.2) is 56.4 Å². The van der Waals surface area contributed by atoms with Crippen molar-refractivity contribution in [2.45, 2.75) is 0 Å². The Morgan fingerprint density at radius 2 is 0.884 bits per heavy atom. The van der Waals surface area contributed by atoms with Crippen molar-refractivity contribution in [1.82, 2.24) is 0 Å². The van der Waals surface area contributed by atoms with Gasteiger partial charge in [-0.05, 0) is 44.2 Å². The zero-order valence-corrected chi connectivity index (χ0v) is 23.0. The van der Waals surface area contributed by atoms with Crippen molar-refractivity contribution in [2.24, 2.45) is 0 Å². The summed E-state index contributed by atoms with van der Waals surface area (Å²) in [7, 11) is 30.4. The highest BCUT2D eigenvalue weighted by Gasteiger charge is 2.26. The van der Waals surface area contributed by atoms with Gasteiger partial charge in [-0.3, -0.25) is 0 Å². The molecule has 0 aliphatic carbocycles. The highest BCUT2D eigenvalue weighted by atomic mass is 16.4. The maximum atomic E-state index is 9.67. The van der Waals surface area contributed by atoms with Crippen LogP contribution in [-0.2, 0) is 0 Å². The maximum absolute atomic E-state index is 9.67. The van der Waals surface area contributed by atoms with Crippen LogP contribution in [0.5, 0.6) is 0 Å². The molecule has 0 aliphatic heterocycles. The van der Waals surface area contributed by atoms with Crippen molar-refractivity contribution in [1.29, 1.82) is 0 Å². The molecule has 0 fully saturated rings. The number of rotatable bonds is 4. The van der Waals surface area contributed by atoms with Crippen LogP contribution in [0.1, 0.15) is 0 Å². The first-order valence-corrected chi connectivity index (χ1v) is 13.7. The van der Waals surface area contributed by atoms with Crippen LogP contribution in [0.2, 0.25) is 0 Å². The molecule has 0 spiro atoms. The summed E-state index contributed by atoms with van der Waals surface area (Å²) in [5.41, 5.74) is 5.97. The van der Waals surface area contributed by atoms with Crippen molar-refractivity contribution in [3.8, 4) is 33.6 Å². The van der Waals surface area contributed by atoms with Crippen LogP contribution in [0.3, 0.4) is 0 Å². The van der Waals surface area contributed by atoms with Gasteiger partial charge in [-0.25, -0.2) is 0 Å². The van der Waals surface area contributed by atoms with Gasteiger partial charge in [0.1, 0.15) is 50.6 Å². The average molecular weight is 539 g/mol. The first-order valence-electron chi connectivity index (χ1n) is 13.7. The van der Waals surface area contributed by atoms with Crippen LogP contribution < -0.4 is 32.8 Å². The van der Waals surface area contributed by atoms with Crippen molar-refractivity contribution in [3.05, 3.63) is 97.1 Å². The minimum atomic E-state index is -1.55. The van der Waals surface area contributed by atoms with E-state index in [9.17, 15) is 10.0 Å². The van der Waals surface area contributed by atoms with Crippen LogP contribution in [0, 0.1) is 0 Å². The van der Waals surface area contributed by atoms with E-state index in [2.05, 4.69) is 24.3 Å². The van der Waals surface area contributed by atoms with Gasteiger partial charge in [-0.2, -0.15) is 0 Å². The lowest BCUT2D eigenvalue weighted by Gasteiger charge is -2.22. The summed E-state index contributed by atoms with van der Waals surface area (Å²) in [5.74, 6) is 0.443. The van der Waals surface area contributed by atoms with Gasteiger partial charge in [0.2, 0.25) is 0 Å². The van der Waals surface area contributed by atoms with Crippen LogP contribution >= 0.6 is 0 Å². The molecule has 6 aromatic carbocycles. The van der Waals surface area contributed by atoms with E-state index in [1.165, 1.54) is 0 Å². The number of fused-ring (bicyclic) bond motifs is 3. The lowest BCUT2D eigenvalue weighted by Crippen LogP contribution is -2.55. The van der Waals surface area contributed by atoms with E-state index < -0.39 is 7.12 Å². The fourth-order valence-corrected chi connectivity index (χ4v) is 6.09. The molecule has 1 aromatic heterocycles. The molecule has 0 aliphatic rings. The molecule has 9 heteroatoms. The molecule has 0 saturated heterocycles. The molecule has 0 bridgehead atoms. The van der Waals surface area contributed by atoms with Gasteiger partial charge in [0.25, 0.3) is 0 Å². The first-order chi connectivity index (χ1) is 20.8. The highest BCUT2D eigenvalue weighted by molar-refractivity contribution is 6.68. The third-order valence-corrected chi connectivity index (χ3v) is 8.20. The lowest BCUT2D eigenvalue weighted by molar-refractivity contribution is 0.426.